The van der Waals surface area contributed by atoms with Crippen molar-refractivity contribution >= 4 is 0 Å². The van der Waals surface area contributed by atoms with Gasteiger partial charge in [-0.2, -0.15) is 4.98 Å². The molecule has 0 aliphatic heterocycles. The fourth-order valence-electron chi connectivity index (χ4n) is 1.70. The van der Waals surface area contributed by atoms with E-state index in [1.54, 1.807) is 0 Å². The zero-order chi connectivity index (χ0) is 11.4. The molecule has 0 saturated heterocycles. The van der Waals surface area contributed by atoms with Crippen LogP contribution in [-0.2, 0) is 0 Å². The molecular weight excluding hydrogens is 200 g/mol. The summed E-state index contributed by atoms with van der Waals surface area (Å²) in [6.07, 6.45) is 2.21. The SMILES string of the molecule is CCCC(C)c1nc(-c2ccccc2)no1. The van der Waals surface area contributed by atoms with Crippen LogP contribution in [0.3, 0.4) is 0 Å². The lowest BCUT2D eigenvalue weighted by Crippen LogP contribution is -1.92. The van der Waals surface area contributed by atoms with E-state index in [0.29, 0.717) is 11.7 Å². The highest BCUT2D eigenvalue weighted by atomic mass is 16.5. The number of benzene rings is 1. The highest BCUT2D eigenvalue weighted by Crippen LogP contribution is 2.22. The maximum atomic E-state index is 5.27. The van der Waals surface area contributed by atoms with E-state index in [9.17, 15) is 0 Å². The first-order valence-electron chi connectivity index (χ1n) is 5.70. The number of aromatic nitrogens is 2. The first-order valence-corrected chi connectivity index (χ1v) is 5.70. The minimum Gasteiger partial charge on any atom is -0.339 e. The molecule has 16 heavy (non-hydrogen) atoms. The molecule has 0 amide bonds. The van der Waals surface area contributed by atoms with Crippen LogP contribution in [0.1, 0.15) is 38.5 Å². The third-order valence-electron chi connectivity index (χ3n) is 2.62. The quantitative estimate of drug-likeness (QED) is 0.783. The van der Waals surface area contributed by atoms with Crippen LogP contribution < -0.4 is 0 Å². The van der Waals surface area contributed by atoms with Gasteiger partial charge in [-0.1, -0.05) is 55.8 Å². The smallest absolute Gasteiger partial charge is 0.229 e. The maximum absolute atomic E-state index is 5.27. The van der Waals surface area contributed by atoms with E-state index < -0.39 is 0 Å². The first kappa shape index (κ1) is 10.9. The molecule has 0 radical (unpaired) electrons. The Kier molecular flexibility index (Phi) is 3.34. The van der Waals surface area contributed by atoms with E-state index in [-0.39, 0.29) is 0 Å². The summed E-state index contributed by atoms with van der Waals surface area (Å²) in [5.41, 5.74) is 1.00. The van der Waals surface area contributed by atoms with E-state index in [0.717, 1.165) is 24.3 Å². The van der Waals surface area contributed by atoms with Crippen molar-refractivity contribution in [2.45, 2.75) is 32.6 Å². The van der Waals surface area contributed by atoms with Gasteiger partial charge in [0.1, 0.15) is 0 Å². The molecule has 3 nitrogen and oxygen atoms in total. The molecule has 84 valence electrons. The second-order valence-corrected chi connectivity index (χ2v) is 4.01. The summed E-state index contributed by atoms with van der Waals surface area (Å²) in [7, 11) is 0. The largest absolute Gasteiger partial charge is 0.339 e. The Morgan fingerprint density at radius 2 is 2.00 bits per heavy atom. The van der Waals surface area contributed by atoms with Gasteiger partial charge in [-0.15, -0.1) is 0 Å². The molecule has 1 aromatic carbocycles. The molecular formula is C13H16N2O. The molecule has 1 aromatic heterocycles. The van der Waals surface area contributed by atoms with Crippen LogP contribution >= 0.6 is 0 Å². The van der Waals surface area contributed by atoms with Gasteiger partial charge in [0.05, 0.1) is 0 Å². The Bertz CT molecular complexity index is 436. The monoisotopic (exact) mass is 216 g/mol. The van der Waals surface area contributed by atoms with Crippen molar-refractivity contribution in [2.75, 3.05) is 0 Å². The van der Waals surface area contributed by atoms with Crippen LogP contribution in [0.2, 0.25) is 0 Å². The summed E-state index contributed by atoms with van der Waals surface area (Å²) in [6.45, 7) is 4.27. The average Bonchev–Trinajstić information content (AvgIpc) is 2.80. The lowest BCUT2D eigenvalue weighted by atomic mass is 10.1. The van der Waals surface area contributed by atoms with Crippen molar-refractivity contribution in [3.8, 4) is 11.4 Å². The number of hydrogen-bond acceptors (Lipinski definition) is 3. The Hall–Kier alpha value is -1.64. The molecule has 1 heterocycles. The van der Waals surface area contributed by atoms with Crippen LogP contribution in [0.4, 0.5) is 0 Å². The zero-order valence-corrected chi connectivity index (χ0v) is 9.68. The fraction of sp³-hybridized carbons (Fsp3) is 0.385. The van der Waals surface area contributed by atoms with Gasteiger partial charge in [0.2, 0.25) is 11.7 Å². The minimum atomic E-state index is 0.343. The lowest BCUT2D eigenvalue weighted by molar-refractivity contribution is 0.353. The van der Waals surface area contributed by atoms with Crippen LogP contribution in [0.25, 0.3) is 11.4 Å². The van der Waals surface area contributed by atoms with Gasteiger partial charge in [-0.3, -0.25) is 0 Å². The predicted octanol–water partition coefficient (Wildman–Crippen LogP) is 3.64. The lowest BCUT2D eigenvalue weighted by Gasteiger charge is -2.01. The molecule has 0 fully saturated rings. The first-order chi connectivity index (χ1) is 7.81. The predicted molar refractivity (Wildman–Crippen MR) is 63.1 cm³/mol. The average molecular weight is 216 g/mol. The summed E-state index contributed by atoms with van der Waals surface area (Å²) in [6, 6.07) is 9.89. The fourth-order valence-corrected chi connectivity index (χ4v) is 1.70. The third-order valence-corrected chi connectivity index (χ3v) is 2.62. The molecule has 1 atom stereocenters. The van der Waals surface area contributed by atoms with Crippen LogP contribution in [-0.4, -0.2) is 10.1 Å². The van der Waals surface area contributed by atoms with Crippen molar-refractivity contribution in [3.63, 3.8) is 0 Å². The van der Waals surface area contributed by atoms with Crippen molar-refractivity contribution in [1.82, 2.24) is 10.1 Å². The highest BCUT2D eigenvalue weighted by molar-refractivity contribution is 5.53. The van der Waals surface area contributed by atoms with E-state index in [1.165, 1.54) is 0 Å². The summed E-state index contributed by atoms with van der Waals surface area (Å²) >= 11 is 0. The van der Waals surface area contributed by atoms with Gasteiger partial charge in [0, 0.05) is 11.5 Å². The Morgan fingerprint density at radius 1 is 1.25 bits per heavy atom. The van der Waals surface area contributed by atoms with E-state index in [2.05, 4.69) is 24.0 Å². The van der Waals surface area contributed by atoms with Crippen LogP contribution in [0.5, 0.6) is 0 Å². The van der Waals surface area contributed by atoms with Gasteiger partial charge in [-0.05, 0) is 6.42 Å². The highest BCUT2D eigenvalue weighted by Gasteiger charge is 2.13. The van der Waals surface area contributed by atoms with Crippen molar-refractivity contribution in [2.24, 2.45) is 0 Å². The molecule has 0 N–H and O–H groups in total. The van der Waals surface area contributed by atoms with Gasteiger partial charge < -0.3 is 4.52 Å². The summed E-state index contributed by atoms with van der Waals surface area (Å²) in [4.78, 5) is 4.42. The van der Waals surface area contributed by atoms with Crippen LogP contribution in [0.15, 0.2) is 34.9 Å². The topological polar surface area (TPSA) is 38.9 Å². The van der Waals surface area contributed by atoms with E-state index in [1.807, 2.05) is 30.3 Å². The molecule has 0 bridgehead atoms. The molecule has 2 aromatic rings. The molecule has 0 saturated carbocycles. The van der Waals surface area contributed by atoms with Crippen molar-refractivity contribution < 1.29 is 4.52 Å². The van der Waals surface area contributed by atoms with Gasteiger partial charge in [-0.25, -0.2) is 0 Å². The normalized spacial score (nSPS) is 12.6. The summed E-state index contributed by atoms with van der Waals surface area (Å²) < 4.78 is 5.27. The van der Waals surface area contributed by atoms with Gasteiger partial charge >= 0.3 is 0 Å². The number of nitrogens with zero attached hydrogens (tertiary/aromatic N) is 2. The third kappa shape index (κ3) is 2.30. The molecule has 0 aliphatic carbocycles. The molecule has 3 heteroatoms. The summed E-state index contributed by atoms with van der Waals surface area (Å²) in [5.74, 6) is 1.76. The maximum Gasteiger partial charge on any atom is 0.229 e. The zero-order valence-electron chi connectivity index (χ0n) is 9.68. The molecule has 0 aliphatic rings. The second-order valence-electron chi connectivity index (χ2n) is 4.01. The van der Waals surface area contributed by atoms with Gasteiger partial charge in [0.25, 0.3) is 0 Å². The minimum absolute atomic E-state index is 0.343. The Labute approximate surface area is 95.5 Å². The number of rotatable bonds is 4. The molecule has 2 rings (SSSR count). The van der Waals surface area contributed by atoms with Crippen molar-refractivity contribution in [1.29, 1.82) is 0 Å². The van der Waals surface area contributed by atoms with Gasteiger partial charge in [0.15, 0.2) is 0 Å². The Morgan fingerprint density at radius 3 is 2.69 bits per heavy atom. The molecule has 1 unspecified atom stereocenters. The van der Waals surface area contributed by atoms with E-state index >= 15 is 0 Å². The summed E-state index contributed by atoms with van der Waals surface area (Å²) in [5, 5.41) is 4.00. The number of hydrogen-bond donors (Lipinski definition) is 0. The van der Waals surface area contributed by atoms with Crippen molar-refractivity contribution in [3.05, 3.63) is 36.2 Å². The standard InChI is InChI=1S/C13H16N2O/c1-3-7-10(2)13-14-12(15-16-13)11-8-5-4-6-9-11/h4-6,8-10H,3,7H2,1-2H3. The second kappa shape index (κ2) is 4.92. The molecule has 0 spiro atoms. The Balaban J connectivity index is 2.20. The van der Waals surface area contributed by atoms with Crippen LogP contribution in [0, 0.1) is 0 Å². The van der Waals surface area contributed by atoms with E-state index in [4.69, 9.17) is 4.52 Å².